The molecule has 0 saturated carbocycles. The molecule has 144 valence electrons. The number of aromatic nitrogens is 2. The Labute approximate surface area is 168 Å². The molecular weight excluding hydrogens is 364 g/mol. The monoisotopic (exact) mass is 384 g/mol. The van der Waals surface area contributed by atoms with E-state index in [1.807, 2.05) is 32.0 Å². The van der Waals surface area contributed by atoms with Crippen LogP contribution in [0.15, 0.2) is 54.7 Å². The molecule has 4 N–H and O–H groups in total. The highest BCUT2D eigenvalue weighted by molar-refractivity contribution is 5.93. The zero-order chi connectivity index (χ0) is 20.8. The maximum absolute atomic E-state index is 11.2. The Hall–Kier alpha value is -4.18. The Morgan fingerprint density at radius 3 is 2.41 bits per heavy atom. The Kier molecular flexibility index (Phi) is 5.85. The van der Waals surface area contributed by atoms with Crippen molar-refractivity contribution in [1.29, 1.82) is 5.26 Å². The summed E-state index contributed by atoms with van der Waals surface area (Å²) in [4.78, 5) is 19.9. The quantitative estimate of drug-likeness (QED) is 0.548. The minimum absolute atomic E-state index is 0.422. The van der Waals surface area contributed by atoms with E-state index in [4.69, 9.17) is 11.0 Å². The number of nitriles is 1. The zero-order valence-electron chi connectivity index (χ0n) is 16.1. The molecule has 0 atom stereocenters. The molecule has 0 unspecified atom stereocenters. The highest BCUT2D eigenvalue weighted by Gasteiger charge is 2.07. The third kappa shape index (κ3) is 4.96. The summed E-state index contributed by atoms with van der Waals surface area (Å²) in [5.74, 6) is 0.590. The van der Waals surface area contributed by atoms with E-state index in [1.165, 1.54) is 6.08 Å². The second-order valence-electron chi connectivity index (χ2n) is 6.45. The standard InChI is InChI=1S/C22H20N6O/c1-14-12-16(4-3-10-23)13-15(2)20(14)27-19-9-11-25-22(28-19)26-18-7-5-17(6-8-18)21(24)29/h3-9,11-13H,1-2H3,(H2,24,29)(H2,25,26,27,28)/b4-3+. The third-order valence-corrected chi connectivity index (χ3v) is 4.24. The fourth-order valence-corrected chi connectivity index (χ4v) is 2.89. The van der Waals surface area contributed by atoms with E-state index in [0.717, 1.165) is 28.1 Å². The minimum atomic E-state index is -0.473. The van der Waals surface area contributed by atoms with Crippen molar-refractivity contribution in [3.63, 3.8) is 0 Å². The largest absolute Gasteiger partial charge is 0.366 e. The maximum Gasteiger partial charge on any atom is 0.248 e. The molecule has 1 aromatic heterocycles. The number of hydrogen-bond donors (Lipinski definition) is 3. The van der Waals surface area contributed by atoms with Gasteiger partial charge in [-0.15, -0.1) is 0 Å². The predicted octanol–water partition coefficient (Wildman–Crippen LogP) is 4.22. The number of nitrogens with one attached hydrogen (secondary N) is 2. The van der Waals surface area contributed by atoms with Crippen molar-refractivity contribution >= 4 is 35.1 Å². The molecule has 0 fully saturated rings. The average Bonchev–Trinajstić information content (AvgIpc) is 2.70. The fraction of sp³-hybridized carbons (Fsp3) is 0.0909. The maximum atomic E-state index is 11.2. The lowest BCUT2D eigenvalue weighted by Crippen LogP contribution is -2.10. The first kappa shape index (κ1) is 19.6. The van der Waals surface area contributed by atoms with Gasteiger partial charge in [0.15, 0.2) is 0 Å². The molecule has 1 amide bonds. The van der Waals surface area contributed by atoms with Crippen LogP contribution in [-0.2, 0) is 0 Å². The summed E-state index contributed by atoms with van der Waals surface area (Å²) in [6.07, 6.45) is 4.89. The van der Waals surface area contributed by atoms with Crippen molar-refractivity contribution in [3.8, 4) is 6.07 Å². The minimum Gasteiger partial charge on any atom is -0.366 e. The lowest BCUT2D eigenvalue weighted by molar-refractivity contribution is 0.100. The van der Waals surface area contributed by atoms with Crippen LogP contribution in [0.5, 0.6) is 0 Å². The number of primary amides is 1. The second kappa shape index (κ2) is 8.67. The van der Waals surface area contributed by atoms with Crippen LogP contribution in [0, 0.1) is 25.2 Å². The molecule has 0 aliphatic heterocycles. The van der Waals surface area contributed by atoms with E-state index in [-0.39, 0.29) is 0 Å². The van der Waals surface area contributed by atoms with Crippen molar-refractivity contribution in [2.45, 2.75) is 13.8 Å². The van der Waals surface area contributed by atoms with Crippen LogP contribution in [0.4, 0.5) is 23.1 Å². The lowest BCUT2D eigenvalue weighted by Gasteiger charge is -2.14. The molecule has 1 heterocycles. The van der Waals surface area contributed by atoms with Gasteiger partial charge in [0.1, 0.15) is 5.82 Å². The van der Waals surface area contributed by atoms with E-state index >= 15 is 0 Å². The third-order valence-electron chi connectivity index (χ3n) is 4.24. The van der Waals surface area contributed by atoms with Gasteiger partial charge in [0.25, 0.3) is 0 Å². The smallest absolute Gasteiger partial charge is 0.248 e. The van der Waals surface area contributed by atoms with Crippen molar-refractivity contribution in [1.82, 2.24) is 9.97 Å². The number of amides is 1. The van der Waals surface area contributed by atoms with E-state index < -0.39 is 5.91 Å². The van der Waals surface area contributed by atoms with Gasteiger partial charge in [-0.1, -0.05) is 0 Å². The Morgan fingerprint density at radius 2 is 1.79 bits per heavy atom. The molecule has 29 heavy (non-hydrogen) atoms. The zero-order valence-corrected chi connectivity index (χ0v) is 16.1. The van der Waals surface area contributed by atoms with E-state index in [1.54, 1.807) is 42.6 Å². The summed E-state index contributed by atoms with van der Waals surface area (Å²) in [6, 6.07) is 14.6. The summed E-state index contributed by atoms with van der Waals surface area (Å²) in [7, 11) is 0. The summed E-state index contributed by atoms with van der Waals surface area (Å²) >= 11 is 0. The molecule has 0 spiro atoms. The van der Waals surface area contributed by atoms with Gasteiger partial charge in [0.2, 0.25) is 11.9 Å². The summed E-state index contributed by atoms with van der Waals surface area (Å²) in [6.45, 7) is 4.00. The van der Waals surface area contributed by atoms with E-state index in [9.17, 15) is 4.79 Å². The van der Waals surface area contributed by atoms with Crippen LogP contribution < -0.4 is 16.4 Å². The molecule has 7 heteroatoms. The number of benzene rings is 2. The molecule has 3 rings (SSSR count). The highest BCUT2D eigenvalue weighted by atomic mass is 16.1. The summed E-state index contributed by atoms with van der Waals surface area (Å²) < 4.78 is 0. The topological polar surface area (TPSA) is 117 Å². The Bertz CT molecular complexity index is 1090. The van der Waals surface area contributed by atoms with Gasteiger partial charge < -0.3 is 16.4 Å². The van der Waals surface area contributed by atoms with Gasteiger partial charge in [0, 0.05) is 29.2 Å². The average molecular weight is 384 g/mol. The predicted molar refractivity (Wildman–Crippen MR) is 114 cm³/mol. The molecule has 0 aliphatic rings. The number of carbonyl (C=O) groups is 1. The van der Waals surface area contributed by atoms with Gasteiger partial charge in [-0.25, -0.2) is 4.98 Å². The van der Waals surface area contributed by atoms with Crippen LogP contribution >= 0.6 is 0 Å². The van der Waals surface area contributed by atoms with Crippen LogP contribution in [0.3, 0.4) is 0 Å². The molecule has 7 nitrogen and oxygen atoms in total. The molecule has 0 bridgehead atoms. The van der Waals surface area contributed by atoms with Crippen LogP contribution in [0.1, 0.15) is 27.0 Å². The number of carbonyl (C=O) groups excluding carboxylic acids is 1. The van der Waals surface area contributed by atoms with Gasteiger partial charge in [-0.3, -0.25) is 4.79 Å². The van der Waals surface area contributed by atoms with Crippen LogP contribution in [0.2, 0.25) is 0 Å². The molecule has 0 aliphatic carbocycles. The van der Waals surface area contributed by atoms with E-state index in [2.05, 4.69) is 20.6 Å². The Morgan fingerprint density at radius 1 is 1.10 bits per heavy atom. The number of hydrogen-bond acceptors (Lipinski definition) is 6. The molecular formula is C22H20N6O. The van der Waals surface area contributed by atoms with Crippen LogP contribution in [-0.4, -0.2) is 15.9 Å². The van der Waals surface area contributed by atoms with Gasteiger partial charge in [0.05, 0.1) is 6.07 Å². The molecule has 0 radical (unpaired) electrons. The first-order valence-electron chi connectivity index (χ1n) is 8.90. The first-order valence-corrected chi connectivity index (χ1v) is 8.90. The normalized spacial score (nSPS) is 10.5. The van der Waals surface area contributed by atoms with E-state index in [0.29, 0.717) is 17.3 Å². The summed E-state index contributed by atoms with van der Waals surface area (Å²) in [5.41, 5.74) is 10.4. The van der Waals surface area contributed by atoms with Gasteiger partial charge in [-0.2, -0.15) is 10.2 Å². The number of allylic oxidation sites excluding steroid dienone is 1. The number of nitrogens with two attached hydrogens (primary N) is 1. The fourth-order valence-electron chi connectivity index (χ4n) is 2.89. The van der Waals surface area contributed by atoms with Crippen molar-refractivity contribution in [2.75, 3.05) is 10.6 Å². The van der Waals surface area contributed by atoms with Crippen LogP contribution in [0.25, 0.3) is 6.08 Å². The van der Waals surface area contributed by atoms with Crippen molar-refractivity contribution < 1.29 is 4.79 Å². The number of anilines is 4. The summed E-state index contributed by atoms with van der Waals surface area (Å²) in [5, 5.41) is 15.1. The number of aryl methyl sites for hydroxylation is 2. The Balaban J connectivity index is 1.79. The van der Waals surface area contributed by atoms with Gasteiger partial charge >= 0.3 is 0 Å². The molecule has 0 saturated heterocycles. The van der Waals surface area contributed by atoms with Crippen molar-refractivity contribution in [3.05, 3.63) is 77.0 Å². The molecule has 2 aromatic carbocycles. The number of rotatable bonds is 6. The SMILES string of the molecule is Cc1cc(/C=C/C#N)cc(C)c1Nc1ccnc(Nc2ccc(C(N)=O)cc2)n1. The van der Waals surface area contributed by atoms with Crippen molar-refractivity contribution in [2.24, 2.45) is 5.73 Å². The molecule has 3 aromatic rings. The van der Waals surface area contributed by atoms with Gasteiger partial charge in [-0.05, 0) is 79.1 Å². The second-order valence-corrected chi connectivity index (χ2v) is 6.45. The first-order chi connectivity index (χ1) is 14.0. The highest BCUT2D eigenvalue weighted by Crippen LogP contribution is 2.26. The number of nitrogens with zero attached hydrogens (tertiary/aromatic N) is 3. The lowest BCUT2D eigenvalue weighted by atomic mass is 10.0.